The number of nitrogens with one attached hydrogen (secondary N) is 1. The molecule has 5 nitrogen and oxygen atoms in total. The molecule has 1 aliphatic heterocycles. The van der Waals surface area contributed by atoms with Crippen LogP contribution < -0.4 is 5.32 Å². The van der Waals surface area contributed by atoms with Crippen molar-refractivity contribution in [3.8, 4) is 0 Å². The van der Waals surface area contributed by atoms with Crippen molar-refractivity contribution in [2.75, 3.05) is 27.2 Å². The summed E-state index contributed by atoms with van der Waals surface area (Å²) in [6.45, 7) is 2.41. The molecule has 1 aromatic heterocycles. The highest BCUT2D eigenvalue weighted by molar-refractivity contribution is 14.0. The summed E-state index contributed by atoms with van der Waals surface area (Å²) in [7, 11) is 3.24. The monoisotopic (exact) mass is 501 g/mol. The SMILES string of the molecule is CN=C(NCc1csc(Br)c1)N1CCC(C(=O)OC)CC1.I. The van der Waals surface area contributed by atoms with Crippen LogP contribution >= 0.6 is 51.2 Å². The van der Waals surface area contributed by atoms with Crippen molar-refractivity contribution >= 4 is 63.2 Å². The van der Waals surface area contributed by atoms with Gasteiger partial charge in [-0.1, -0.05) is 0 Å². The van der Waals surface area contributed by atoms with E-state index in [1.54, 1.807) is 18.4 Å². The number of nitrogens with zero attached hydrogens (tertiary/aromatic N) is 2. The minimum absolute atomic E-state index is 0. The summed E-state index contributed by atoms with van der Waals surface area (Å²) in [5.41, 5.74) is 1.23. The summed E-state index contributed by atoms with van der Waals surface area (Å²) in [5, 5.41) is 5.49. The van der Waals surface area contributed by atoms with Gasteiger partial charge in [-0.15, -0.1) is 35.3 Å². The van der Waals surface area contributed by atoms with Crippen LogP contribution in [0.2, 0.25) is 0 Å². The summed E-state index contributed by atoms with van der Waals surface area (Å²) in [5.74, 6) is 0.818. The first-order valence-corrected chi connectivity index (χ1v) is 8.57. The Morgan fingerprint density at radius 3 is 2.73 bits per heavy atom. The van der Waals surface area contributed by atoms with Crippen LogP contribution in [0.4, 0.5) is 0 Å². The van der Waals surface area contributed by atoms with E-state index in [4.69, 9.17) is 4.74 Å². The smallest absolute Gasteiger partial charge is 0.308 e. The molecule has 0 amide bonds. The Hall–Kier alpha value is -0.350. The topological polar surface area (TPSA) is 53.9 Å². The first-order valence-electron chi connectivity index (χ1n) is 6.90. The van der Waals surface area contributed by atoms with Crippen LogP contribution in [-0.2, 0) is 16.1 Å². The number of carbonyl (C=O) groups is 1. The molecule has 1 saturated heterocycles. The average molecular weight is 502 g/mol. The van der Waals surface area contributed by atoms with Crippen molar-refractivity contribution in [1.29, 1.82) is 0 Å². The fraction of sp³-hybridized carbons (Fsp3) is 0.571. The molecule has 1 fully saturated rings. The molecule has 0 aliphatic carbocycles. The number of hydrogen-bond acceptors (Lipinski definition) is 4. The lowest BCUT2D eigenvalue weighted by atomic mass is 9.97. The van der Waals surface area contributed by atoms with E-state index < -0.39 is 0 Å². The molecule has 0 bridgehead atoms. The maximum Gasteiger partial charge on any atom is 0.308 e. The van der Waals surface area contributed by atoms with Crippen molar-refractivity contribution in [2.24, 2.45) is 10.9 Å². The van der Waals surface area contributed by atoms with Crippen LogP contribution in [-0.4, -0.2) is 44.1 Å². The number of hydrogen-bond donors (Lipinski definition) is 1. The number of piperidine rings is 1. The molecule has 0 unspecified atom stereocenters. The van der Waals surface area contributed by atoms with Crippen LogP contribution in [0.25, 0.3) is 0 Å². The Labute approximate surface area is 160 Å². The van der Waals surface area contributed by atoms with E-state index in [1.165, 1.54) is 12.7 Å². The molecule has 0 aromatic carbocycles. The Bertz CT molecular complexity index is 516. The normalized spacial score (nSPS) is 16.1. The zero-order valence-corrected chi connectivity index (χ0v) is 17.4. The van der Waals surface area contributed by atoms with Crippen LogP contribution in [0.15, 0.2) is 20.2 Å². The predicted molar refractivity (Wildman–Crippen MR) is 104 cm³/mol. The molecule has 1 N–H and O–H groups in total. The molecule has 0 radical (unpaired) electrons. The third-order valence-corrected chi connectivity index (χ3v) is 5.17. The van der Waals surface area contributed by atoms with Crippen molar-refractivity contribution in [3.63, 3.8) is 0 Å². The number of methoxy groups -OCH3 is 1. The van der Waals surface area contributed by atoms with Gasteiger partial charge in [0.05, 0.1) is 16.8 Å². The van der Waals surface area contributed by atoms with Gasteiger partial charge < -0.3 is 15.0 Å². The molecule has 0 saturated carbocycles. The van der Waals surface area contributed by atoms with Gasteiger partial charge >= 0.3 is 5.97 Å². The van der Waals surface area contributed by atoms with Gasteiger partial charge in [0.2, 0.25) is 0 Å². The van der Waals surface area contributed by atoms with E-state index >= 15 is 0 Å². The summed E-state index contributed by atoms with van der Waals surface area (Å²) in [6, 6.07) is 2.11. The van der Waals surface area contributed by atoms with Gasteiger partial charge in [0.1, 0.15) is 0 Å². The second-order valence-corrected chi connectivity index (χ2v) is 7.23. The zero-order valence-electron chi connectivity index (χ0n) is 12.7. The predicted octanol–water partition coefficient (Wildman–Crippen LogP) is 3.09. The van der Waals surface area contributed by atoms with E-state index in [1.807, 2.05) is 0 Å². The van der Waals surface area contributed by atoms with Crippen LogP contribution in [0, 0.1) is 5.92 Å². The molecular formula is C14H21BrIN3O2S. The third kappa shape index (κ3) is 5.38. The summed E-state index contributed by atoms with van der Waals surface area (Å²) < 4.78 is 5.95. The van der Waals surface area contributed by atoms with Gasteiger partial charge in [-0.2, -0.15) is 0 Å². The van der Waals surface area contributed by atoms with Gasteiger partial charge in [0, 0.05) is 26.7 Å². The molecule has 0 atom stereocenters. The highest BCUT2D eigenvalue weighted by Crippen LogP contribution is 2.21. The number of likely N-dealkylation sites (tertiary alicyclic amines) is 1. The van der Waals surface area contributed by atoms with Gasteiger partial charge in [-0.3, -0.25) is 9.79 Å². The first-order chi connectivity index (χ1) is 10.1. The van der Waals surface area contributed by atoms with Crippen molar-refractivity contribution in [3.05, 3.63) is 20.8 Å². The van der Waals surface area contributed by atoms with Crippen LogP contribution in [0.1, 0.15) is 18.4 Å². The quantitative estimate of drug-likeness (QED) is 0.299. The zero-order chi connectivity index (χ0) is 15.2. The highest BCUT2D eigenvalue weighted by Gasteiger charge is 2.26. The molecule has 2 rings (SSSR count). The molecule has 22 heavy (non-hydrogen) atoms. The van der Waals surface area contributed by atoms with Crippen molar-refractivity contribution < 1.29 is 9.53 Å². The van der Waals surface area contributed by atoms with Crippen LogP contribution in [0.3, 0.4) is 0 Å². The minimum Gasteiger partial charge on any atom is -0.469 e. The maximum absolute atomic E-state index is 11.5. The number of thiophene rings is 1. The van der Waals surface area contributed by atoms with E-state index in [-0.39, 0.29) is 35.9 Å². The van der Waals surface area contributed by atoms with Crippen LogP contribution in [0.5, 0.6) is 0 Å². The van der Waals surface area contributed by atoms with Gasteiger partial charge in [0.25, 0.3) is 0 Å². The highest BCUT2D eigenvalue weighted by atomic mass is 127. The number of halogens is 2. The van der Waals surface area contributed by atoms with E-state index in [0.29, 0.717) is 0 Å². The molecule has 0 spiro atoms. The lowest BCUT2D eigenvalue weighted by molar-refractivity contribution is -0.146. The number of carbonyl (C=O) groups excluding carboxylic acids is 1. The average Bonchev–Trinajstić information content (AvgIpc) is 2.93. The fourth-order valence-electron chi connectivity index (χ4n) is 2.45. The largest absolute Gasteiger partial charge is 0.469 e. The number of rotatable bonds is 3. The van der Waals surface area contributed by atoms with Gasteiger partial charge in [0.15, 0.2) is 5.96 Å². The Morgan fingerprint density at radius 1 is 1.55 bits per heavy atom. The first kappa shape index (κ1) is 19.7. The number of ether oxygens (including phenoxy) is 1. The molecule has 1 aliphatic rings. The summed E-state index contributed by atoms with van der Waals surface area (Å²) in [4.78, 5) is 18.1. The second-order valence-electron chi connectivity index (χ2n) is 4.94. The Morgan fingerprint density at radius 2 is 2.23 bits per heavy atom. The van der Waals surface area contributed by atoms with E-state index in [2.05, 4.69) is 42.6 Å². The molecule has 8 heteroatoms. The molecule has 1 aromatic rings. The minimum atomic E-state index is -0.0966. The lowest BCUT2D eigenvalue weighted by Crippen LogP contribution is -2.46. The summed E-state index contributed by atoms with van der Waals surface area (Å²) >= 11 is 5.14. The van der Waals surface area contributed by atoms with Gasteiger partial charge in [-0.05, 0) is 45.8 Å². The third-order valence-electron chi connectivity index (χ3n) is 3.61. The fourth-order valence-corrected chi connectivity index (χ4v) is 3.65. The second kappa shape index (κ2) is 9.71. The maximum atomic E-state index is 11.5. The Balaban J connectivity index is 0.00000242. The van der Waals surface area contributed by atoms with E-state index in [0.717, 1.165) is 42.2 Å². The summed E-state index contributed by atoms with van der Waals surface area (Å²) in [6.07, 6.45) is 1.63. The van der Waals surface area contributed by atoms with Crippen molar-refractivity contribution in [2.45, 2.75) is 19.4 Å². The van der Waals surface area contributed by atoms with Crippen molar-refractivity contribution in [1.82, 2.24) is 10.2 Å². The van der Waals surface area contributed by atoms with E-state index in [9.17, 15) is 4.79 Å². The number of guanidine groups is 1. The number of aliphatic imine (C=N–C) groups is 1. The Kier molecular flexibility index (Phi) is 8.70. The lowest BCUT2D eigenvalue weighted by Gasteiger charge is -2.33. The standard InChI is InChI=1S/C14H20BrN3O2S.HI/c1-16-14(17-8-10-7-12(15)21-9-10)18-5-3-11(4-6-18)13(19)20-2;/h7,9,11H,3-6,8H2,1-2H3,(H,16,17);1H. The molecule has 2 heterocycles. The molecule has 124 valence electrons. The molecular weight excluding hydrogens is 481 g/mol. The number of esters is 1. The van der Waals surface area contributed by atoms with Gasteiger partial charge in [-0.25, -0.2) is 0 Å².